The van der Waals surface area contributed by atoms with Crippen LogP contribution in [0.5, 0.6) is 5.88 Å². The molecule has 4 rings (SSSR count). The maximum atomic E-state index is 14.6. The lowest BCUT2D eigenvalue weighted by Crippen LogP contribution is -2.66. The number of allylic oxidation sites excluding steroid dienone is 1. The zero-order valence-corrected chi connectivity index (χ0v) is 24.0. The highest BCUT2D eigenvalue weighted by Crippen LogP contribution is 2.54. The van der Waals surface area contributed by atoms with Gasteiger partial charge in [-0.05, 0) is 41.3 Å². The Kier molecular flexibility index (Phi) is 7.79. The largest absolute Gasteiger partial charge is 0.470 e. The lowest BCUT2D eigenvalue weighted by atomic mass is 9.65. The molecule has 0 saturated heterocycles. The molecule has 0 amide bonds. The van der Waals surface area contributed by atoms with Gasteiger partial charge in [-0.1, -0.05) is 69.3 Å². The maximum Gasteiger partial charge on any atom is 0.265 e. The fourth-order valence-corrected chi connectivity index (χ4v) is 6.55. The molecule has 1 aromatic heterocycles. The molecule has 2 aromatic rings. The van der Waals surface area contributed by atoms with Crippen molar-refractivity contribution in [3.63, 3.8) is 0 Å². The number of nitrogens with zero attached hydrogens (tertiary/aromatic N) is 2. The first-order valence-corrected chi connectivity index (χ1v) is 16.0. The number of hydrogen-bond donors (Lipinski definition) is 0. The normalized spacial score (nSPS) is 23.2. The Labute approximate surface area is 226 Å². The van der Waals surface area contributed by atoms with Crippen molar-refractivity contribution in [1.82, 2.24) is 10.1 Å². The lowest BCUT2D eigenvalue weighted by molar-refractivity contribution is -0.135. The molecular formula is C30H38N2O5Si. The van der Waals surface area contributed by atoms with E-state index in [2.05, 4.69) is 57.1 Å². The highest BCUT2D eigenvalue weighted by molar-refractivity contribution is 6.74. The van der Waals surface area contributed by atoms with E-state index in [1.807, 2.05) is 36.4 Å². The minimum atomic E-state index is -2.61. The Morgan fingerprint density at radius 1 is 1.16 bits per heavy atom. The molecule has 1 aromatic carbocycles. The second-order valence-electron chi connectivity index (χ2n) is 11.5. The molecule has 8 heteroatoms. The molecule has 202 valence electrons. The number of ketones is 2. The summed E-state index contributed by atoms with van der Waals surface area (Å²) in [5.74, 6) is -0.815. The van der Waals surface area contributed by atoms with Crippen molar-refractivity contribution in [2.24, 2.45) is 5.92 Å². The summed E-state index contributed by atoms with van der Waals surface area (Å²) in [6.07, 6.45) is 7.38. The summed E-state index contributed by atoms with van der Waals surface area (Å²) in [6.45, 7) is 19.5. The van der Waals surface area contributed by atoms with Gasteiger partial charge >= 0.3 is 0 Å². The van der Waals surface area contributed by atoms with Crippen LogP contribution >= 0.6 is 0 Å². The summed E-state index contributed by atoms with van der Waals surface area (Å²) in [6, 6.07) is 9.15. The summed E-state index contributed by atoms with van der Waals surface area (Å²) in [7, 11) is -2.61. The van der Waals surface area contributed by atoms with E-state index >= 15 is 0 Å². The summed E-state index contributed by atoms with van der Waals surface area (Å²) >= 11 is 0. The summed E-state index contributed by atoms with van der Waals surface area (Å²) < 4.78 is 18.8. The number of rotatable bonds is 10. The van der Waals surface area contributed by atoms with Crippen LogP contribution in [0.25, 0.3) is 0 Å². The van der Waals surface area contributed by atoms with Crippen molar-refractivity contribution in [2.75, 3.05) is 13.1 Å². The average molecular weight is 535 g/mol. The van der Waals surface area contributed by atoms with E-state index < -0.39 is 31.7 Å². The molecule has 0 radical (unpaired) electrons. The van der Waals surface area contributed by atoms with E-state index in [4.69, 9.17) is 13.7 Å². The average Bonchev–Trinajstić information content (AvgIpc) is 3.28. The standard InChI is InChI=1S/C30H38N2O5Si/c1-8-18-32(19-9-2)25-22-16-13-17-23(33)30(22,37-38(6,7)29(3,4)5)27(34)24-26(25)36-31-28(24)35-20-21-14-11-10-12-15-21/h8-15,17,22,25H,1-2,16,18-20H2,3-7H3/t22?,25-,30-/m0/s1. The SMILES string of the molecule is C=CCN(CC=C)[C@@H]1c2onc(OCc3ccccc3)c2C(=O)[C@@]2(O[Si](C)(C)C(C)(C)C)C(=O)C=CCC12. The summed E-state index contributed by atoms with van der Waals surface area (Å²) in [5.41, 5.74) is -0.597. The monoisotopic (exact) mass is 534 g/mol. The Hall–Kier alpha value is -3.07. The second kappa shape index (κ2) is 10.6. The zero-order chi connectivity index (χ0) is 27.7. The molecule has 0 N–H and O–H groups in total. The quantitative estimate of drug-likeness (QED) is 0.208. The molecule has 1 heterocycles. The molecule has 1 unspecified atom stereocenters. The molecule has 2 aliphatic carbocycles. The molecule has 38 heavy (non-hydrogen) atoms. The molecule has 0 spiro atoms. The van der Waals surface area contributed by atoms with Crippen molar-refractivity contribution in [1.29, 1.82) is 0 Å². The van der Waals surface area contributed by atoms with E-state index in [0.29, 0.717) is 25.3 Å². The Balaban J connectivity index is 1.90. The van der Waals surface area contributed by atoms with Crippen LogP contribution in [0, 0.1) is 5.92 Å². The maximum absolute atomic E-state index is 14.6. The molecule has 0 saturated carbocycles. The Morgan fingerprint density at radius 3 is 2.42 bits per heavy atom. The molecule has 3 atom stereocenters. The van der Waals surface area contributed by atoms with Gasteiger partial charge in [0.1, 0.15) is 12.2 Å². The van der Waals surface area contributed by atoms with Crippen LogP contribution in [0.15, 0.2) is 72.3 Å². The number of ether oxygens (including phenoxy) is 1. The first-order chi connectivity index (χ1) is 18.0. The van der Waals surface area contributed by atoms with Crippen LogP contribution in [-0.4, -0.2) is 48.6 Å². The van der Waals surface area contributed by atoms with Crippen LogP contribution in [0.4, 0.5) is 0 Å². The summed E-state index contributed by atoms with van der Waals surface area (Å²) in [4.78, 5) is 30.6. The van der Waals surface area contributed by atoms with Gasteiger partial charge in [-0.2, -0.15) is 0 Å². The first-order valence-electron chi connectivity index (χ1n) is 13.1. The van der Waals surface area contributed by atoms with E-state index in [0.717, 1.165) is 5.56 Å². The van der Waals surface area contributed by atoms with Gasteiger partial charge < -0.3 is 13.7 Å². The van der Waals surface area contributed by atoms with Crippen LogP contribution in [0.3, 0.4) is 0 Å². The molecule has 2 aliphatic rings. The molecule has 0 aliphatic heterocycles. The number of carbonyl (C=O) groups excluding carboxylic acids is 2. The van der Waals surface area contributed by atoms with Gasteiger partial charge in [0.2, 0.25) is 5.78 Å². The van der Waals surface area contributed by atoms with Gasteiger partial charge in [-0.3, -0.25) is 14.5 Å². The van der Waals surface area contributed by atoms with Crippen LogP contribution < -0.4 is 4.74 Å². The third-order valence-electron chi connectivity index (χ3n) is 8.01. The van der Waals surface area contributed by atoms with Crippen molar-refractivity contribution in [3.8, 4) is 5.88 Å². The highest BCUT2D eigenvalue weighted by Gasteiger charge is 2.65. The topological polar surface area (TPSA) is 81.9 Å². The molecule has 7 nitrogen and oxygen atoms in total. The van der Waals surface area contributed by atoms with Crippen molar-refractivity contribution < 1.29 is 23.3 Å². The number of hydrogen-bond acceptors (Lipinski definition) is 7. The van der Waals surface area contributed by atoms with Crippen LogP contribution in [0.2, 0.25) is 18.1 Å². The summed E-state index contributed by atoms with van der Waals surface area (Å²) in [5, 5.41) is 3.97. The van der Waals surface area contributed by atoms with Gasteiger partial charge in [0, 0.05) is 19.0 Å². The minimum absolute atomic E-state index is 0.0787. The first kappa shape index (κ1) is 27.9. The zero-order valence-electron chi connectivity index (χ0n) is 23.0. The van der Waals surface area contributed by atoms with Crippen molar-refractivity contribution in [3.05, 3.63) is 84.7 Å². The van der Waals surface area contributed by atoms with Gasteiger partial charge in [-0.15, -0.1) is 13.2 Å². The van der Waals surface area contributed by atoms with Crippen molar-refractivity contribution >= 4 is 19.9 Å². The van der Waals surface area contributed by atoms with E-state index in [-0.39, 0.29) is 28.9 Å². The lowest BCUT2D eigenvalue weighted by Gasteiger charge is -2.52. The highest BCUT2D eigenvalue weighted by atomic mass is 28.4. The number of carbonyl (C=O) groups is 2. The van der Waals surface area contributed by atoms with Gasteiger partial charge in [0.05, 0.1) is 6.04 Å². The number of benzene rings is 1. The fraction of sp³-hybridized carbons (Fsp3) is 0.433. The second-order valence-corrected chi connectivity index (χ2v) is 16.2. The predicted molar refractivity (Wildman–Crippen MR) is 150 cm³/mol. The third kappa shape index (κ3) is 4.76. The van der Waals surface area contributed by atoms with Gasteiger partial charge in [-0.25, -0.2) is 0 Å². The number of Topliss-reactive ketones (excluding diaryl/α,β-unsaturated/α-hetero) is 1. The number of aromatic nitrogens is 1. The number of fused-ring (bicyclic) bond motifs is 2. The fourth-order valence-electron chi connectivity index (χ4n) is 5.10. The van der Waals surface area contributed by atoms with E-state index in [1.165, 1.54) is 6.08 Å². The smallest absolute Gasteiger partial charge is 0.265 e. The van der Waals surface area contributed by atoms with E-state index in [9.17, 15) is 9.59 Å². The van der Waals surface area contributed by atoms with Crippen LogP contribution in [-0.2, 0) is 15.8 Å². The van der Waals surface area contributed by atoms with Gasteiger partial charge in [0.15, 0.2) is 25.5 Å². The molecular weight excluding hydrogens is 496 g/mol. The molecule has 0 bridgehead atoms. The van der Waals surface area contributed by atoms with Gasteiger partial charge in [0.25, 0.3) is 5.88 Å². The minimum Gasteiger partial charge on any atom is -0.470 e. The third-order valence-corrected chi connectivity index (χ3v) is 12.5. The molecule has 0 fully saturated rings. The Morgan fingerprint density at radius 2 is 1.82 bits per heavy atom. The van der Waals surface area contributed by atoms with E-state index in [1.54, 1.807) is 12.2 Å². The van der Waals surface area contributed by atoms with Crippen molar-refractivity contribution in [2.45, 2.75) is 63.6 Å². The Bertz CT molecular complexity index is 1230. The predicted octanol–water partition coefficient (Wildman–Crippen LogP) is 6.07. The van der Waals surface area contributed by atoms with Crippen LogP contribution in [0.1, 0.15) is 54.9 Å².